The topological polar surface area (TPSA) is 58.1 Å². The highest BCUT2D eigenvalue weighted by molar-refractivity contribution is 5.94. The number of aromatic nitrogens is 2. The fourth-order valence-corrected chi connectivity index (χ4v) is 2.37. The van der Waals surface area contributed by atoms with Crippen molar-refractivity contribution in [3.05, 3.63) is 17.5 Å². The van der Waals surface area contributed by atoms with Crippen molar-refractivity contribution in [1.29, 1.82) is 0 Å². The Morgan fingerprint density at radius 3 is 2.75 bits per heavy atom. The van der Waals surface area contributed by atoms with E-state index in [1.807, 2.05) is 13.8 Å². The molecule has 1 aromatic rings. The van der Waals surface area contributed by atoms with Crippen molar-refractivity contribution >= 4 is 11.9 Å². The predicted octanol–water partition coefficient (Wildman–Crippen LogP) is 2.16. The van der Waals surface area contributed by atoms with Crippen molar-refractivity contribution in [2.24, 2.45) is 5.92 Å². The van der Waals surface area contributed by atoms with Gasteiger partial charge in [0.05, 0.1) is 11.3 Å². The fraction of sp³-hybridized carbons (Fsp3) is 0.667. The van der Waals surface area contributed by atoms with Crippen LogP contribution in [0.2, 0.25) is 0 Å². The van der Waals surface area contributed by atoms with E-state index in [0.717, 1.165) is 37.1 Å². The minimum Gasteiger partial charge on any atom is -0.352 e. The number of aryl methyl sites for hydroxylation is 1. The molecule has 110 valence electrons. The summed E-state index contributed by atoms with van der Waals surface area (Å²) in [4.78, 5) is 23.0. The summed E-state index contributed by atoms with van der Waals surface area (Å²) >= 11 is 0. The third-order valence-corrected chi connectivity index (χ3v) is 3.81. The van der Waals surface area contributed by atoms with Gasteiger partial charge in [0.1, 0.15) is 0 Å². The molecule has 1 N–H and O–H groups in total. The second-order valence-electron chi connectivity index (χ2n) is 5.59. The zero-order valence-corrected chi connectivity index (χ0v) is 12.6. The maximum atomic E-state index is 12.0. The van der Waals surface area contributed by atoms with Gasteiger partial charge in [-0.3, -0.25) is 4.79 Å². The molecule has 1 aliphatic rings. The van der Waals surface area contributed by atoms with Crippen LogP contribution in [0.4, 0.5) is 5.95 Å². The summed E-state index contributed by atoms with van der Waals surface area (Å²) in [6, 6.07) is 0. The van der Waals surface area contributed by atoms with E-state index in [9.17, 15) is 4.79 Å². The molecule has 20 heavy (non-hydrogen) atoms. The Labute approximate surface area is 120 Å². The van der Waals surface area contributed by atoms with Gasteiger partial charge in [-0.15, -0.1) is 0 Å². The Balaban J connectivity index is 2.07. The van der Waals surface area contributed by atoms with E-state index in [4.69, 9.17) is 0 Å². The third kappa shape index (κ3) is 3.46. The number of hydrogen-bond acceptors (Lipinski definition) is 4. The summed E-state index contributed by atoms with van der Waals surface area (Å²) in [7, 11) is 0. The summed E-state index contributed by atoms with van der Waals surface area (Å²) in [5, 5.41) is 2.86. The zero-order chi connectivity index (χ0) is 14.5. The highest BCUT2D eigenvalue weighted by Gasteiger charge is 2.19. The van der Waals surface area contributed by atoms with Gasteiger partial charge in [-0.1, -0.05) is 13.8 Å². The fourth-order valence-electron chi connectivity index (χ4n) is 2.37. The van der Waals surface area contributed by atoms with Gasteiger partial charge < -0.3 is 10.2 Å². The number of carbonyl (C=O) groups is 1. The number of rotatable bonds is 4. The lowest BCUT2D eigenvalue weighted by Crippen LogP contribution is -2.34. The standard InChI is InChI=1S/C15H24N4O/c1-4-7-16-14(20)13-10-17-15(18-12(13)3)19-8-5-11(2)6-9-19/h10-11H,4-9H2,1-3H3,(H,16,20). The number of amides is 1. The van der Waals surface area contributed by atoms with Crippen LogP contribution in [0.25, 0.3) is 0 Å². The van der Waals surface area contributed by atoms with Crippen LogP contribution in [0.15, 0.2) is 6.20 Å². The zero-order valence-electron chi connectivity index (χ0n) is 12.6. The number of piperidine rings is 1. The molecule has 0 saturated carbocycles. The van der Waals surface area contributed by atoms with E-state index in [-0.39, 0.29) is 5.91 Å². The number of nitrogens with one attached hydrogen (secondary N) is 1. The van der Waals surface area contributed by atoms with E-state index in [1.54, 1.807) is 6.20 Å². The molecular weight excluding hydrogens is 252 g/mol. The van der Waals surface area contributed by atoms with Crippen LogP contribution in [0.3, 0.4) is 0 Å². The average molecular weight is 276 g/mol. The molecule has 2 heterocycles. The van der Waals surface area contributed by atoms with Crippen LogP contribution in [0.1, 0.15) is 49.2 Å². The van der Waals surface area contributed by atoms with Crippen molar-refractivity contribution in [3.8, 4) is 0 Å². The largest absolute Gasteiger partial charge is 0.352 e. The lowest BCUT2D eigenvalue weighted by atomic mass is 10.00. The molecule has 1 fully saturated rings. The average Bonchev–Trinajstić information content (AvgIpc) is 2.45. The Bertz CT molecular complexity index is 467. The van der Waals surface area contributed by atoms with E-state index < -0.39 is 0 Å². The second kappa shape index (κ2) is 6.68. The van der Waals surface area contributed by atoms with Crippen molar-refractivity contribution in [2.75, 3.05) is 24.5 Å². The molecule has 0 bridgehead atoms. The number of nitrogens with zero attached hydrogens (tertiary/aromatic N) is 3. The van der Waals surface area contributed by atoms with Gasteiger partial charge in [0.2, 0.25) is 5.95 Å². The molecule has 0 radical (unpaired) electrons. The van der Waals surface area contributed by atoms with E-state index in [0.29, 0.717) is 12.1 Å². The molecule has 0 unspecified atom stereocenters. The third-order valence-electron chi connectivity index (χ3n) is 3.81. The number of anilines is 1. The number of carbonyl (C=O) groups excluding carboxylic acids is 1. The molecule has 0 atom stereocenters. The summed E-state index contributed by atoms with van der Waals surface area (Å²) in [6.45, 7) is 8.88. The second-order valence-corrected chi connectivity index (χ2v) is 5.59. The Hall–Kier alpha value is -1.65. The molecule has 1 saturated heterocycles. The SMILES string of the molecule is CCCNC(=O)c1cnc(N2CCC(C)CC2)nc1C. The first kappa shape index (κ1) is 14.8. The molecule has 0 aromatic carbocycles. The lowest BCUT2D eigenvalue weighted by Gasteiger charge is -2.30. The minimum atomic E-state index is -0.0804. The van der Waals surface area contributed by atoms with Crippen molar-refractivity contribution in [2.45, 2.75) is 40.0 Å². The van der Waals surface area contributed by atoms with Crippen LogP contribution in [0.5, 0.6) is 0 Å². The van der Waals surface area contributed by atoms with E-state index in [2.05, 4.69) is 27.1 Å². The smallest absolute Gasteiger partial charge is 0.254 e. The summed E-state index contributed by atoms with van der Waals surface area (Å²) in [5.74, 6) is 1.45. The van der Waals surface area contributed by atoms with E-state index >= 15 is 0 Å². The van der Waals surface area contributed by atoms with Crippen LogP contribution in [-0.4, -0.2) is 35.5 Å². The van der Waals surface area contributed by atoms with Gasteiger partial charge >= 0.3 is 0 Å². The molecule has 0 aliphatic carbocycles. The van der Waals surface area contributed by atoms with Gasteiger partial charge in [0.15, 0.2) is 0 Å². The van der Waals surface area contributed by atoms with Crippen LogP contribution >= 0.6 is 0 Å². The minimum absolute atomic E-state index is 0.0804. The van der Waals surface area contributed by atoms with Crippen molar-refractivity contribution in [3.63, 3.8) is 0 Å². The lowest BCUT2D eigenvalue weighted by molar-refractivity contribution is 0.0952. The normalized spacial score (nSPS) is 16.2. The summed E-state index contributed by atoms with van der Waals surface area (Å²) < 4.78 is 0. The first-order valence-electron chi connectivity index (χ1n) is 7.48. The molecule has 1 aliphatic heterocycles. The predicted molar refractivity (Wildman–Crippen MR) is 80.0 cm³/mol. The van der Waals surface area contributed by atoms with Crippen molar-refractivity contribution in [1.82, 2.24) is 15.3 Å². The van der Waals surface area contributed by atoms with Crippen LogP contribution in [0, 0.1) is 12.8 Å². The van der Waals surface area contributed by atoms with Crippen LogP contribution < -0.4 is 10.2 Å². The van der Waals surface area contributed by atoms with Crippen LogP contribution in [-0.2, 0) is 0 Å². The molecule has 2 rings (SSSR count). The van der Waals surface area contributed by atoms with Gasteiger partial charge in [0, 0.05) is 25.8 Å². The molecule has 0 spiro atoms. The van der Waals surface area contributed by atoms with Gasteiger partial charge in [0.25, 0.3) is 5.91 Å². The summed E-state index contributed by atoms with van der Waals surface area (Å²) in [6.07, 6.45) is 4.94. The Kier molecular flexibility index (Phi) is 4.93. The molecular formula is C15H24N4O. The molecule has 5 nitrogen and oxygen atoms in total. The molecule has 1 amide bonds. The van der Waals surface area contributed by atoms with Gasteiger partial charge in [-0.25, -0.2) is 9.97 Å². The van der Waals surface area contributed by atoms with E-state index in [1.165, 1.54) is 12.8 Å². The quantitative estimate of drug-likeness (QED) is 0.915. The number of hydrogen-bond donors (Lipinski definition) is 1. The first-order valence-corrected chi connectivity index (χ1v) is 7.48. The first-order chi connectivity index (χ1) is 9.61. The summed E-state index contributed by atoms with van der Waals surface area (Å²) in [5.41, 5.74) is 1.33. The monoisotopic (exact) mass is 276 g/mol. The van der Waals surface area contributed by atoms with Gasteiger partial charge in [-0.2, -0.15) is 0 Å². The molecule has 1 aromatic heterocycles. The Morgan fingerprint density at radius 1 is 1.45 bits per heavy atom. The maximum Gasteiger partial charge on any atom is 0.254 e. The van der Waals surface area contributed by atoms with Crippen molar-refractivity contribution < 1.29 is 4.79 Å². The highest BCUT2D eigenvalue weighted by Crippen LogP contribution is 2.20. The Morgan fingerprint density at radius 2 is 2.15 bits per heavy atom. The molecule has 5 heteroatoms. The maximum absolute atomic E-state index is 12.0. The van der Waals surface area contributed by atoms with Gasteiger partial charge in [-0.05, 0) is 32.1 Å². The highest BCUT2D eigenvalue weighted by atomic mass is 16.1.